The Bertz CT molecular complexity index is 611. The third kappa shape index (κ3) is 4.28. The predicted octanol–water partition coefficient (Wildman–Crippen LogP) is -2.60. The standard InChI is InChI=1S/C14H24O12S/c1-5-8(16)14(23-6(3-15)10(5)26-27(18,19)20)25-11-7-4-22-12(11)9(17)13(21-2)24-7/h5-17H,3-4H2,1-2H3,(H,18,19,20)/t5?,6?,7?,8-,9?,10+,11-,12-,13-,14-/m0/s1. The first kappa shape index (κ1) is 21.3. The summed E-state index contributed by atoms with van der Waals surface area (Å²) in [5.41, 5.74) is 0. The topological polar surface area (TPSA) is 170 Å². The summed E-state index contributed by atoms with van der Waals surface area (Å²) in [6, 6.07) is 0. The van der Waals surface area contributed by atoms with Crippen LogP contribution < -0.4 is 0 Å². The van der Waals surface area contributed by atoms with Gasteiger partial charge in [-0.05, 0) is 0 Å². The number of hydrogen-bond donors (Lipinski definition) is 4. The molecule has 0 amide bonds. The van der Waals surface area contributed by atoms with Crippen LogP contribution in [0.25, 0.3) is 0 Å². The van der Waals surface area contributed by atoms with Crippen LogP contribution in [0.15, 0.2) is 0 Å². The number of fused-ring (bicyclic) bond motifs is 2. The molecular weight excluding hydrogens is 392 g/mol. The van der Waals surface area contributed by atoms with Gasteiger partial charge in [-0.1, -0.05) is 6.92 Å². The number of hydrogen-bond acceptors (Lipinski definition) is 11. The first-order valence-corrected chi connectivity index (χ1v) is 9.76. The van der Waals surface area contributed by atoms with E-state index in [-0.39, 0.29) is 6.61 Å². The largest absolute Gasteiger partial charge is 0.397 e. The molecule has 4 unspecified atom stereocenters. The van der Waals surface area contributed by atoms with Crippen molar-refractivity contribution in [3.8, 4) is 0 Å². The number of methoxy groups -OCH3 is 1. The normalized spacial score (nSPS) is 47.9. The zero-order valence-corrected chi connectivity index (χ0v) is 15.5. The highest BCUT2D eigenvalue weighted by Gasteiger charge is 2.55. The molecule has 10 atom stereocenters. The molecule has 12 nitrogen and oxygen atoms in total. The lowest BCUT2D eigenvalue weighted by Crippen LogP contribution is -2.60. The van der Waals surface area contributed by atoms with Gasteiger partial charge in [0.05, 0.1) is 13.2 Å². The van der Waals surface area contributed by atoms with Crippen LogP contribution in [0.2, 0.25) is 0 Å². The second-order valence-electron chi connectivity index (χ2n) is 6.73. The number of aliphatic hydroxyl groups excluding tert-OH is 3. The van der Waals surface area contributed by atoms with Gasteiger partial charge in [0.2, 0.25) is 0 Å². The molecule has 3 aliphatic rings. The Kier molecular flexibility index (Phi) is 6.39. The molecule has 13 heteroatoms. The van der Waals surface area contributed by atoms with Gasteiger partial charge in [0.1, 0.15) is 42.7 Å². The van der Waals surface area contributed by atoms with E-state index in [9.17, 15) is 23.7 Å². The second kappa shape index (κ2) is 8.12. The van der Waals surface area contributed by atoms with Crippen LogP contribution >= 0.6 is 0 Å². The highest BCUT2D eigenvalue weighted by atomic mass is 32.3. The Morgan fingerprint density at radius 3 is 2.41 bits per heavy atom. The molecule has 0 spiro atoms. The maximum Gasteiger partial charge on any atom is 0.397 e. The zero-order valence-electron chi connectivity index (χ0n) is 14.7. The Balaban J connectivity index is 1.71. The third-order valence-corrected chi connectivity index (χ3v) is 5.48. The molecule has 3 rings (SSSR count). The van der Waals surface area contributed by atoms with E-state index in [2.05, 4.69) is 4.18 Å². The molecule has 0 radical (unpaired) electrons. The van der Waals surface area contributed by atoms with Crippen molar-refractivity contribution in [2.24, 2.45) is 5.92 Å². The van der Waals surface area contributed by atoms with Crippen LogP contribution in [0, 0.1) is 5.92 Å². The number of ether oxygens (including phenoxy) is 5. The second-order valence-corrected chi connectivity index (χ2v) is 7.78. The fraction of sp³-hybridized carbons (Fsp3) is 1.00. The van der Waals surface area contributed by atoms with E-state index < -0.39 is 78.2 Å². The first-order chi connectivity index (χ1) is 12.7. The molecule has 0 aromatic carbocycles. The lowest BCUT2D eigenvalue weighted by Gasteiger charge is -2.44. The van der Waals surface area contributed by atoms with Crippen LogP contribution in [0.1, 0.15) is 6.92 Å². The van der Waals surface area contributed by atoms with E-state index in [0.717, 1.165) is 0 Å². The maximum absolute atomic E-state index is 11.0. The molecular formula is C14H24O12S. The van der Waals surface area contributed by atoms with Crippen LogP contribution in [-0.2, 0) is 38.3 Å². The van der Waals surface area contributed by atoms with E-state index in [4.69, 9.17) is 28.2 Å². The zero-order chi connectivity index (χ0) is 19.9. The van der Waals surface area contributed by atoms with Crippen molar-refractivity contribution >= 4 is 10.4 Å². The molecule has 3 aliphatic heterocycles. The summed E-state index contributed by atoms with van der Waals surface area (Å²) < 4.78 is 62.7. The van der Waals surface area contributed by atoms with Gasteiger partial charge in [0, 0.05) is 13.0 Å². The molecule has 3 fully saturated rings. The van der Waals surface area contributed by atoms with Crippen molar-refractivity contribution in [3.05, 3.63) is 0 Å². The highest BCUT2D eigenvalue weighted by Crippen LogP contribution is 2.36. The van der Waals surface area contributed by atoms with E-state index in [1.54, 1.807) is 0 Å². The smallest absolute Gasteiger partial charge is 0.394 e. The van der Waals surface area contributed by atoms with Gasteiger partial charge in [-0.25, -0.2) is 4.18 Å². The van der Waals surface area contributed by atoms with Crippen molar-refractivity contribution < 1.29 is 56.2 Å². The van der Waals surface area contributed by atoms with Gasteiger partial charge < -0.3 is 39.0 Å². The quantitative estimate of drug-likeness (QED) is 0.334. The van der Waals surface area contributed by atoms with Crippen LogP contribution in [0.4, 0.5) is 0 Å². The number of rotatable bonds is 6. The average molecular weight is 416 g/mol. The minimum absolute atomic E-state index is 0.141. The molecule has 0 aromatic rings. The summed E-state index contributed by atoms with van der Waals surface area (Å²) in [5.74, 6) is -0.873. The van der Waals surface area contributed by atoms with Gasteiger partial charge in [0.15, 0.2) is 12.6 Å². The Hall–Kier alpha value is -0.450. The molecule has 0 aliphatic carbocycles. The van der Waals surface area contributed by atoms with Crippen molar-refractivity contribution in [1.82, 2.24) is 0 Å². The van der Waals surface area contributed by atoms with Crippen LogP contribution in [0.3, 0.4) is 0 Å². The lowest BCUT2D eigenvalue weighted by atomic mass is 9.90. The lowest BCUT2D eigenvalue weighted by molar-refractivity contribution is -0.329. The van der Waals surface area contributed by atoms with Gasteiger partial charge in [-0.2, -0.15) is 8.42 Å². The van der Waals surface area contributed by atoms with E-state index in [1.807, 2.05) is 0 Å². The molecule has 3 heterocycles. The Labute approximate surface area is 155 Å². The molecule has 0 saturated carbocycles. The Morgan fingerprint density at radius 2 is 1.81 bits per heavy atom. The average Bonchev–Trinajstić information content (AvgIpc) is 2.91. The minimum Gasteiger partial charge on any atom is -0.394 e. The van der Waals surface area contributed by atoms with Crippen molar-refractivity contribution in [3.63, 3.8) is 0 Å². The Morgan fingerprint density at radius 1 is 1.11 bits per heavy atom. The summed E-state index contributed by atoms with van der Waals surface area (Å²) >= 11 is 0. The van der Waals surface area contributed by atoms with Gasteiger partial charge in [0.25, 0.3) is 0 Å². The summed E-state index contributed by atoms with van der Waals surface area (Å²) in [5, 5.41) is 30.2. The third-order valence-electron chi connectivity index (χ3n) is 5.01. The molecule has 4 N–H and O–H groups in total. The summed E-state index contributed by atoms with van der Waals surface area (Å²) in [7, 11) is -3.44. The summed E-state index contributed by atoms with van der Waals surface area (Å²) in [6.45, 7) is 0.957. The first-order valence-electron chi connectivity index (χ1n) is 8.39. The monoisotopic (exact) mass is 416 g/mol. The minimum atomic E-state index is -4.82. The summed E-state index contributed by atoms with van der Waals surface area (Å²) in [4.78, 5) is 0. The molecule has 0 aromatic heterocycles. The number of aliphatic hydroxyl groups is 3. The van der Waals surface area contributed by atoms with Crippen molar-refractivity contribution in [2.75, 3.05) is 20.3 Å². The molecule has 3 saturated heterocycles. The van der Waals surface area contributed by atoms with E-state index in [0.29, 0.717) is 0 Å². The van der Waals surface area contributed by atoms with Crippen LogP contribution in [0.5, 0.6) is 0 Å². The van der Waals surface area contributed by atoms with Gasteiger partial charge in [-0.3, -0.25) is 4.55 Å². The molecule has 158 valence electrons. The van der Waals surface area contributed by atoms with Crippen molar-refractivity contribution in [1.29, 1.82) is 0 Å². The van der Waals surface area contributed by atoms with E-state index in [1.165, 1.54) is 14.0 Å². The van der Waals surface area contributed by atoms with E-state index >= 15 is 0 Å². The summed E-state index contributed by atoms with van der Waals surface area (Å²) in [6.07, 6.45) is -9.27. The fourth-order valence-electron chi connectivity index (χ4n) is 3.60. The maximum atomic E-state index is 11.0. The molecule has 27 heavy (non-hydrogen) atoms. The molecule has 2 bridgehead atoms. The van der Waals surface area contributed by atoms with Crippen molar-refractivity contribution in [2.45, 2.75) is 62.2 Å². The van der Waals surface area contributed by atoms with Gasteiger partial charge >= 0.3 is 10.4 Å². The van der Waals surface area contributed by atoms with Gasteiger partial charge in [-0.15, -0.1) is 0 Å². The highest BCUT2D eigenvalue weighted by molar-refractivity contribution is 7.80. The fourth-order valence-corrected chi connectivity index (χ4v) is 4.18. The SMILES string of the molecule is CO[C@H]1OC2CO[C@@H](C1O)[C@H]2O[C@@H]1OC(CO)[C@H](OS(=O)(=O)O)C(C)[C@@H]1O. The predicted molar refractivity (Wildman–Crippen MR) is 83.6 cm³/mol. The van der Waals surface area contributed by atoms with Crippen LogP contribution in [-0.4, -0.2) is 104 Å².